The highest BCUT2D eigenvalue weighted by atomic mass is 79.9. The van der Waals surface area contributed by atoms with E-state index in [4.69, 9.17) is 11.5 Å². The number of primary amides is 1. The third kappa shape index (κ3) is 2.78. The molecule has 1 aromatic rings. The van der Waals surface area contributed by atoms with Crippen LogP contribution in [0.25, 0.3) is 0 Å². The second-order valence-corrected chi connectivity index (χ2v) is 3.61. The van der Waals surface area contributed by atoms with Gasteiger partial charge in [-0.2, -0.15) is 0 Å². The van der Waals surface area contributed by atoms with Gasteiger partial charge in [-0.05, 0) is 28.1 Å². The molecule has 0 radical (unpaired) electrons. The highest BCUT2D eigenvalue weighted by Crippen LogP contribution is 2.35. The van der Waals surface area contributed by atoms with Gasteiger partial charge in [0.25, 0.3) is 5.91 Å². The highest BCUT2D eigenvalue weighted by molar-refractivity contribution is 9.10. The molecule has 0 aromatic heterocycles. The number of nitrogens with two attached hydrogens (primary N) is 2. The average Bonchev–Trinajstić information content (AvgIpc) is 2.08. The lowest BCUT2D eigenvalue weighted by molar-refractivity contribution is -0.274. The average molecular weight is 299 g/mol. The Morgan fingerprint density at radius 1 is 1.38 bits per heavy atom. The summed E-state index contributed by atoms with van der Waals surface area (Å²) < 4.78 is 39.9. The molecule has 0 aliphatic rings. The fourth-order valence-corrected chi connectivity index (χ4v) is 1.54. The summed E-state index contributed by atoms with van der Waals surface area (Å²) in [5.41, 5.74) is 9.44. The minimum atomic E-state index is -4.95. The number of amides is 1. The Bertz CT molecular complexity index is 434. The first-order valence-corrected chi connectivity index (χ1v) is 4.65. The number of hydrogen-bond donors (Lipinski definition) is 2. The molecule has 16 heavy (non-hydrogen) atoms. The minimum absolute atomic E-state index is 0.0773. The zero-order chi connectivity index (χ0) is 12.5. The van der Waals surface area contributed by atoms with Crippen LogP contribution >= 0.6 is 15.9 Å². The first kappa shape index (κ1) is 12.6. The van der Waals surface area contributed by atoms with Crippen LogP contribution in [0.4, 0.5) is 18.9 Å². The molecule has 8 heteroatoms. The Kier molecular flexibility index (Phi) is 3.32. The van der Waals surface area contributed by atoms with E-state index in [2.05, 4.69) is 20.7 Å². The van der Waals surface area contributed by atoms with Crippen LogP contribution in [-0.4, -0.2) is 12.3 Å². The Balaban J connectivity index is 3.35. The normalized spacial score (nSPS) is 11.2. The van der Waals surface area contributed by atoms with Crippen LogP contribution in [0.15, 0.2) is 16.6 Å². The largest absolute Gasteiger partial charge is 0.573 e. The Labute approximate surface area is 96.5 Å². The lowest BCUT2D eigenvalue weighted by Crippen LogP contribution is -2.22. The van der Waals surface area contributed by atoms with Crippen molar-refractivity contribution < 1.29 is 22.7 Å². The second-order valence-electron chi connectivity index (χ2n) is 2.75. The lowest BCUT2D eigenvalue weighted by atomic mass is 10.1. The minimum Gasteiger partial charge on any atom is -0.403 e. The molecular weight excluding hydrogens is 293 g/mol. The van der Waals surface area contributed by atoms with E-state index in [1.54, 1.807) is 0 Å². The standard InChI is InChI=1S/C8H6BrF3N2O2/c9-3-1-2-4(13)6(5(3)7(14)15)16-8(10,11)12/h1-2H,13H2,(H2,14,15). The first-order chi connectivity index (χ1) is 7.22. The molecule has 0 saturated carbocycles. The van der Waals surface area contributed by atoms with Crippen LogP contribution in [-0.2, 0) is 0 Å². The van der Waals surface area contributed by atoms with Crippen LogP contribution in [0.1, 0.15) is 10.4 Å². The third-order valence-electron chi connectivity index (χ3n) is 1.60. The summed E-state index contributed by atoms with van der Waals surface area (Å²) in [7, 11) is 0. The van der Waals surface area contributed by atoms with Crippen molar-refractivity contribution in [3.63, 3.8) is 0 Å². The molecule has 0 heterocycles. The van der Waals surface area contributed by atoms with Crippen molar-refractivity contribution in [3.05, 3.63) is 22.2 Å². The molecule has 1 aromatic carbocycles. The molecular formula is C8H6BrF3N2O2. The third-order valence-corrected chi connectivity index (χ3v) is 2.26. The number of halogens is 4. The van der Waals surface area contributed by atoms with E-state index >= 15 is 0 Å². The SMILES string of the molecule is NC(=O)c1c(Br)ccc(N)c1OC(F)(F)F. The number of carbonyl (C=O) groups is 1. The topological polar surface area (TPSA) is 78.3 Å². The number of rotatable bonds is 2. The van der Waals surface area contributed by atoms with E-state index in [9.17, 15) is 18.0 Å². The van der Waals surface area contributed by atoms with Gasteiger partial charge in [-0.1, -0.05) is 0 Å². The first-order valence-electron chi connectivity index (χ1n) is 3.86. The van der Waals surface area contributed by atoms with Gasteiger partial charge in [0.15, 0.2) is 5.75 Å². The number of hydrogen-bond acceptors (Lipinski definition) is 3. The predicted octanol–water partition coefficient (Wildman–Crippen LogP) is 2.03. The number of nitrogen functional groups attached to an aromatic ring is 1. The van der Waals surface area contributed by atoms with Crippen LogP contribution in [0.2, 0.25) is 0 Å². The van der Waals surface area contributed by atoms with Crippen molar-refractivity contribution in [2.24, 2.45) is 5.73 Å². The Hall–Kier alpha value is -1.44. The van der Waals surface area contributed by atoms with Gasteiger partial charge in [-0.25, -0.2) is 0 Å². The van der Waals surface area contributed by atoms with Gasteiger partial charge in [0.2, 0.25) is 0 Å². The summed E-state index contributed by atoms with van der Waals surface area (Å²) in [6.45, 7) is 0. The van der Waals surface area contributed by atoms with Crippen molar-refractivity contribution in [1.29, 1.82) is 0 Å². The van der Waals surface area contributed by atoms with Crippen LogP contribution in [0.3, 0.4) is 0 Å². The van der Waals surface area contributed by atoms with Crippen LogP contribution in [0.5, 0.6) is 5.75 Å². The van der Waals surface area contributed by atoms with E-state index in [1.165, 1.54) is 6.07 Å². The summed E-state index contributed by atoms with van der Waals surface area (Å²) in [5, 5.41) is 0. The molecule has 0 fully saturated rings. The van der Waals surface area contributed by atoms with E-state index in [0.717, 1.165) is 6.07 Å². The van der Waals surface area contributed by atoms with Crippen molar-refractivity contribution >= 4 is 27.5 Å². The number of alkyl halides is 3. The number of benzene rings is 1. The molecule has 88 valence electrons. The van der Waals surface area contributed by atoms with Crippen molar-refractivity contribution in [2.75, 3.05) is 5.73 Å². The van der Waals surface area contributed by atoms with E-state index < -0.39 is 23.6 Å². The van der Waals surface area contributed by atoms with Gasteiger partial charge in [0.05, 0.1) is 11.3 Å². The Morgan fingerprint density at radius 2 is 1.94 bits per heavy atom. The molecule has 1 amide bonds. The summed E-state index contributed by atoms with van der Waals surface area (Å²) in [6, 6.07) is 2.47. The molecule has 0 aliphatic heterocycles. The quantitative estimate of drug-likeness (QED) is 0.820. The number of ether oxygens (including phenoxy) is 1. The van der Waals surface area contributed by atoms with E-state index in [0.29, 0.717) is 0 Å². The zero-order valence-electron chi connectivity index (χ0n) is 7.64. The second kappa shape index (κ2) is 4.20. The fraction of sp³-hybridized carbons (Fsp3) is 0.125. The molecule has 0 atom stereocenters. The van der Waals surface area contributed by atoms with Gasteiger partial charge >= 0.3 is 6.36 Å². The Morgan fingerprint density at radius 3 is 2.38 bits per heavy atom. The van der Waals surface area contributed by atoms with Gasteiger partial charge in [0.1, 0.15) is 0 Å². The summed E-state index contributed by atoms with van der Waals surface area (Å²) in [4.78, 5) is 11.0. The molecule has 4 N–H and O–H groups in total. The molecule has 1 rings (SSSR count). The van der Waals surface area contributed by atoms with Crippen LogP contribution < -0.4 is 16.2 Å². The van der Waals surface area contributed by atoms with Gasteiger partial charge < -0.3 is 16.2 Å². The monoisotopic (exact) mass is 298 g/mol. The molecule has 0 saturated heterocycles. The zero-order valence-corrected chi connectivity index (χ0v) is 9.22. The van der Waals surface area contributed by atoms with Gasteiger partial charge in [-0.15, -0.1) is 13.2 Å². The number of carbonyl (C=O) groups excluding carboxylic acids is 1. The summed E-state index contributed by atoms with van der Waals surface area (Å²) in [5.74, 6) is -1.87. The van der Waals surface area contributed by atoms with Crippen molar-refractivity contribution in [3.8, 4) is 5.75 Å². The summed E-state index contributed by atoms with van der Waals surface area (Å²) in [6.07, 6.45) is -4.95. The van der Waals surface area contributed by atoms with Gasteiger partial charge in [0, 0.05) is 4.47 Å². The number of anilines is 1. The van der Waals surface area contributed by atoms with Gasteiger partial charge in [-0.3, -0.25) is 4.79 Å². The maximum atomic E-state index is 12.1. The molecule has 4 nitrogen and oxygen atoms in total. The molecule has 0 bridgehead atoms. The lowest BCUT2D eigenvalue weighted by Gasteiger charge is -2.14. The van der Waals surface area contributed by atoms with E-state index in [1.807, 2.05) is 0 Å². The van der Waals surface area contributed by atoms with Crippen LogP contribution in [0, 0.1) is 0 Å². The highest BCUT2D eigenvalue weighted by Gasteiger charge is 2.34. The smallest absolute Gasteiger partial charge is 0.403 e. The molecule has 0 spiro atoms. The maximum absolute atomic E-state index is 12.1. The van der Waals surface area contributed by atoms with E-state index in [-0.39, 0.29) is 10.2 Å². The molecule has 0 aliphatic carbocycles. The van der Waals surface area contributed by atoms with Crippen molar-refractivity contribution in [2.45, 2.75) is 6.36 Å². The maximum Gasteiger partial charge on any atom is 0.573 e. The van der Waals surface area contributed by atoms with Crippen molar-refractivity contribution in [1.82, 2.24) is 0 Å². The summed E-state index contributed by atoms with van der Waals surface area (Å²) >= 11 is 2.89. The predicted molar refractivity (Wildman–Crippen MR) is 53.8 cm³/mol. The molecule has 0 unspecified atom stereocenters. The fourth-order valence-electron chi connectivity index (χ4n) is 1.03.